The van der Waals surface area contributed by atoms with Gasteiger partial charge in [-0.2, -0.15) is 0 Å². The van der Waals surface area contributed by atoms with E-state index in [9.17, 15) is 4.79 Å². The van der Waals surface area contributed by atoms with E-state index in [-0.39, 0.29) is 5.91 Å². The van der Waals surface area contributed by atoms with Crippen LogP contribution in [0.5, 0.6) is 5.75 Å². The lowest BCUT2D eigenvalue weighted by Gasteiger charge is -2.20. The molecule has 0 saturated carbocycles. The van der Waals surface area contributed by atoms with Gasteiger partial charge >= 0.3 is 0 Å². The number of carbonyl (C=O) groups is 1. The Balaban J connectivity index is 1.81. The minimum Gasteiger partial charge on any atom is -0.489 e. The first-order valence-corrected chi connectivity index (χ1v) is 10.4. The molecule has 1 aromatic heterocycles. The lowest BCUT2D eigenvalue weighted by Crippen LogP contribution is -2.16. The van der Waals surface area contributed by atoms with Crippen LogP contribution in [0, 0.1) is 13.8 Å². The Morgan fingerprint density at radius 2 is 1.67 bits per heavy atom. The molecule has 0 saturated heterocycles. The Morgan fingerprint density at radius 3 is 2.23 bits per heavy atom. The van der Waals surface area contributed by atoms with Crippen molar-refractivity contribution in [3.63, 3.8) is 0 Å². The molecule has 5 nitrogen and oxygen atoms in total. The van der Waals surface area contributed by atoms with E-state index < -0.39 is 0 Å². The van der Waals surface area contributed by atoms with Crippen LogP contribution in [0.4, 0.5) is 5.69 Å². The SMILES string of the molecule is Cc1noc(C)c1COc1cccc(C(=O)Nc2c(C(C)C)cccc2C(C)C)c1. The molecule has 0 bridgehead atoms. The summed E-state index contributed by atoms with van der Waals surface area (Å²) in [5.41, 5.74) is 5.49. The van der Waals surface area contributed by atoms with Crippen LogP contribution in [-0.2, 0) is 6.61 Å². The second-order valence-electron chi connectivity index (χ2n) is 8.19. The highest BCUT2D eigenvalue weighted by Gasteiger charge is 2.17. The summed E-state index contributed by atoms with van der Waals surface area (Å²) in [6.45, 7) is 12.6. The Labute approximate surface area is 178 Å². The molecule has 3 rings (SSSR count). The van der Waals surface area contributed by atoms with Crippen LogP contribution in [0.25, 0.3) is 0 Å². The molecule has 2 aromatic carbocycles. The summed E-state index contributed by atoms with van der Waals surface area (Å²) in [6.07, 6.45) is 0. The number of hydrogen-bond acceptors (Lipinski definition) is 4. The fourth-order valence-corrected chi connectivity index (χ4v) is 3.47. The van der Waals surface area contributed by atoms with Gasteiger partial charge in [0.1, 0.15) is 18.1 Å². The van der Waals surface area contributed by atoms with Crippen LogP contribution in [0.1, 0.15) is 78.0 Å². The average molecular weight is 407 g/mol. The average Bonchev–Trinajstić information content (AvgIpc) is 3.03. The first-order valence-electron chi connectivity index (χ1n) is 10.4. The number of anilines is 1. The summed E-state index contributed by atoms with van der Waals surface area (Å²) in [5.74, 6) is 1.84. The normalized spacial score (nSPS) is 11.2. The number of carbonyl (C=O) groups excluding carboxylic acids is 1. The van der Waals surface area contributed by atoms with E-state index in [1.807, 2.05) is 26.0 Å². The molecule has 0 atom stereocenters. The highest BCUT2D eigenvalue weighted by molar-refractivity contribution is 6.05. The molecule has 5 heteroatoms. The Kier molecular flexibility index (Phi) is 6.60. The van der Waals surface area contributed by atoms with E-state index in [2.05, 4.69) is 56.4 Å². The second-order valence-corrected chi connectivity index (χ2v) is 8.19. The molecule has 0 radical (unpaired) electrons. The lowest BCUT2D eigenvalue weighted by atomic mass is 9.92. The number of aryl methyl sites for hydroxylation is 2. The van der Waals surface area contributed by atoms with Crippen molar-refractivity contribution in [2.75, 3.05) is 5.32 Å². The fraction of sp³-hybridized carbons (Fsp3) is 0.360. The van der Waals surface area contributed by atoms with Crippen molar-refractivity contribution in [1.82, 2.24) is 5.16 Å². The molecule has 0 unspecified atom stereocenters. The zero-order chi connectivity index (χ0) is 21.8. The maximum absolute atomic E-state index is 13.1. The maximum atomic E-state index is 13.1. The molecule has 158 valence electrons. The Bertz CT molecular complexity index is 989. The molecule has 0 spiro atoms. The van der Waals surface area contributed by atoms with Gasteiger partial charge in [0.2, 0.25) is 0 Å². The number of rotatable bonds is 7. The number of ether oxygens (including phenoxy) is 1. The van der Waals surface area contributed by atoms with Crippen LogP contribution < -0.4 is 10.1 Å². The molecule has 30 heavy (non-hydrogen) atoms. The van der Waals surface area contributed by atoms with Gasteiger partial charge in [-0.25, -0.2) is 0 Å². The third kappa shape index (κ3) is 4.73. The van der Waals surface area contributed by atoms with E-state index in [4.69, 9.17) is 9.26 Å². The van der Waals surface area contributed by atoms with Crippen molar-refractivity contribution in [1.29, 1.82) is 0 Å². The van der Waals surface area contributed by atoms with E-state index in [1.54, 1.807) is 12.1 Å². The second kappa shape index (κ2) is 9.16. The molecule has 0 aliphatic heterocycles. The summed E-state index contributed by atoms with van der Waals surface area (Å²) in [6, 6.07) is 13.5. The standard InChI is InChI=1S/C25H30N2O3/c1-15(2)21-11-8-12-22(16(3)4)24(21)26-25(28)19-9-7-10-20(13-19)29-14-23-17(5)27-30-18(23)6/h7-13,15-16H,14H2,1-6H3,(H,26,28). The molecule has 1 heterocycles. The van der Waals surface area contributed by atoms with Crippen LogP contribution >= 0.6 is 0 Å². The molecule has 1 N–H and O–H groups in total. The third-order valence-corrected chi connectivity index (χ3v) is 5.27. The van der Waals surface area contributed by atoms with Gasteiger partial charge in [-0.3, -0.25) is 4.79 Å². The molecule has 0 aliphatic carbocycles. The number of nitrogens with one attached hydrogen (secondary N) is 1. The van der Waals surface area contributed by atoms with Gasteiger partial charge in [-0.15, -0.1) is 0 Å². The predicted octanol–water partition coefficient (Wildman–Crippen LogP) is 6.37. The van der Waals surface area contributed by atoms with Gasteiger partial charge in [0, 0.05) is 11.3 Å². The lowest BCUT2D eigenvalue weighted by molar-refractivity contribution is 0.102. The minimum absolute atomic E-state index is 0.146. The summed E-state index contributed by atoms with van der Waals surface area (Å²) in [7, 11) is 0. The zero-order valence-electron chi connectivity index (χ0n) is 18.6. The molecule has 0 fully saturated rings. The first kappa shape index (κ1) is 21.6. The van der Waals surface area contributed by atoms with Crippen LogP contribution in [-0.4, -0.2) is 11.1 Å². The molecular formula is C25H30N2O3. The Hall–Kier alpha value is -3.08. The number of nitrogens with zero attached hydrogens (tertiary/aromatic N) is 1. The highest BCUT2D eigenvalue weighted by atomic mass is 16.5. The smallest absolute Gasteiger partial charge is 0.255 e. The summed E-state index contributed by atoms with van der Waals surface area (Å²) >= 11 is 0. The topological polar surface area (TPSA) is 64.4 Å². The van der Waals surface area contributed by atoms with Gasteiger partial charge in [0.15, 0.2) is 0 Å². The van der Waals surface area contributed by atoms with Crippen molar-refractivity contribution in [2.45, 2.75) is 60.0 Å². The van der Waals surface area contributed by atoms with Crippen LogP contribution in [0.3, 0.4) is 0 Å². The van der Waals surface area contributed by atoms with Crippen molar-refractivity contribution in [3.05, 3.63) is 76.2 Å². The summed E-state index contributed by atoms with van der Waals surface area (Å²) in [4.78, 5) is 13.1. The molecule has 3 aromatic rings. The Morgan fingerprint density at radius 1 is 1.03 bits per heavy atom. The zero-order valence-corrected chi connectivity index (χ0v) is 18.6. The van der Waals surface area contributed by atoms with E-state index >= 15 is 0 Å². The number of aromatic nitrogens is 1. The van der Waals surface area contributed by atoms with Crippen molar-refractivity contribution < 1.29 is 14.1 Å². The van der Waals surface area contributed by atoms with Crippen LogP contribution in [0.2, 0.25) is 0 Å². The van der Waals surface area contributed by atoms with Gasteiger partial charge in [-0.1, -0.05) is 57.1 Å². The molecule has 0 aliphatic rings. The first-order chi connectivity index (χ1) is 14.3. The number of hydrogen-bond donors (Lipinski definition) is 1. The van der Waals surface area contributed by atoms with Crippen molar-refractivity contribution in [2.24, 2.45) is 0 Å². The van der Waals surface area contributed by atoms with Crippen molar-refractivity contribution >= 4 is 11.6 Å². The number of benzene rings is 2. The summed E-state index contributed by atoms with van der Waals surface area (Å²) < 4.78 is 11.1. The predicted molar refractivity (Wildman–Crippen MR) is 119 cm³/mol. The van der Waals surface area contributed by atoms with E-state index in [0.29, 0.717) is 29.8 Å². The largest absolute Gasteiger partial charge is 0.489 e. The number of para-hydroxylation sites is 1. The van der Waals surface area contributed by atoms with Crippen LogP contribution in [0.15, 0.2) is 47.0 Å². The van der Waals surface area contributed by atoms with Gasteiger partial charge < -0.3 is 14.6 Å². The fourth-order valence-electron chi connectivity index (χ4n) is 3.47. The number of amides is 1. The highest BCUT2D eigenvalue weighted by Crippen LogP contribution is 2.33. The van der Waals surface area contributed by atoms with E-state index in [0.717, 1.165) is 33.8 Å². The quantitative estimate of drug-likeness (QED) is 0.495. The van der Waals surface area contributed by atoms with Gasteiger partial charge in [-0.05, 0) is 55.0 Å². The third-order valence-electron chi connectivity index (χ3n) is 5.27. The van der Waals surface area contributed by atoms with E-state index in [1.165, 1.54) is 0 Å². The van der Waals surface area contributed by atoms with Crippen molar-refractivity contribution in [3.8, 4) is 5.75 Å². The minimum atomic E-state index is -0.146. The van der Waals surface area contributed by atoms with Gasteiger partial charge in [0.05, 0.1) is 11.3 Å². The summed E-state index contributed by atoms with van der Waals surface area (Å²) in [5, 5.41) is 7.10. The molecular weight excluding hydrogens is 376 g/mol. The monoisotopic (exact) mass is 406 g/mol. The molecule has 1 amide bonds. The maximum Gasteiger partial charge on any atom is 0.255 e. The van der Waals surface area contributed by atoms with Gasteiger partial charge in [0.25, 0.3) is 5.91 Å².